The molecular formula is C52H59NO11. The van der Waals surface area contributed by atoms with Gasteiger partial charge >= 0.3 is 5.97 Å². The number of carbonyl (C=O) groups excluding carboxylic acids is 2. The van der Waals surface area contributed by atoms with E-state index < -0.39 is 48.9 Å². The van der Waals surface area contributed by atoms with Gasteiger partial charge in [-0.15, -0.1) is 0 Å². The van der Waals surface area contributed by atoms with Crippen molar-refractivity contribution in [2.45, 2.75) is 102 Å². The van der Waals surface area contributed by atoms with Gasteiger partial charge in [0.05, 0.1) is 58.9 Å². The first kappa shape index (κ1) is 46.9. The number of aldehydes is 1. The molecule has 0 aliphatic carbocycles. The molecule has 7 rings (SSSR count). The lowest BCUT2D eigenvalue weighted by molar-refractivity contribution is -0.240. The average Bonchev–Trinajstić information content (AvgIpc) is 3.93. The molecule has 2 aliphatic heterocycles. The quantitative estimate of drug-likeness (QED) is 0.0398. The standard InChI is InChI=1S/C52H59NO11/c1-39(55)63-50-48(36-56-31-40-18-7-2-8-19-40)64-52(51(50)60-35-44-26-15-6-16-27-44)61-37-46(57-32-41-20-9-3-10-21-41)49(59-34-43-24-13-5-14-25-43)47(58-33-42-22-11-4-12-23-42)38-62-53-29-17-28-45(53)30-54/h2-16,18-27,30,45-52H,17,28-29,31-38H2,1H3/t45-,46?,47?,48+,49?,50-,51?,52+/m0/s1. The van der Waals surface area contributed by atoms with Crippen molar-refractivity contribution in [2.75, 3.05) is 26.4 Å². The highest BCUT2D eigenvalue weighted by molar-refractivity contribution is 5.66. The summed E-state index contributed by atoms with van der Waals surface area (Å²) in [5, 5.41) is 1.73. The molecule has 0 aromatic heterocycles. The highest BCUT2D eigenvalue weighted by Crippen LogP contribution is 2.31. The monoisotopic (exact) mass is 873 g/mol. The summed E-state index contributed by atoms with van der Waals surface area (Å²) < 4.78 is 52.5. The maximum atomic E-state index is 12.7. The van der Waals surface area contributed by atoms with Crippen molar-refractivity contribution in [3.63, 3.8) is 0 Å². The Bertz CT molecular complexity index is 2060. The molecule has 0 amide bonds. The maximum absolute atomic E-state index is 12.7. The van der Waals surface area contributed by atoms with Gasteiger partial charge in [0.15, 0.2) is 12.4 Å². The first-order chi connectivity index (χ1) is 31.5. The molecule has 0 saturated carbocycles. The van der Waals surface area contributed by atoms with Crippen LogP contribution in [0.25, 0.3) is 0 Å². The maximum Gasteiger partial charge on any atom is 0.303 e. The van der Waals surface area contributed by atoms with E-state index in [2.05, 4.69) is 0 Å². The Morgan fingerprint density at radius 2 is 1.11 bits per heavy atom. The molecule has 8 atom stereocenters. The minimum Gasteiger partial charge on any atom is -0.457 e. The Morgan fingerprint density at radius 1 is 0.625 bits per heavy atom. The van der Waals surface area contributed by atoms with Gasteiger partial charge in [0.2, 0.25) is 0 Å². The number of hydrogen-bond acceptors (Lipinski definition) is 12. The second kappa shape index (κ2) is 25.4. The van der Waals surface area contributed by atoms with Crippen LogP contribution in [0.5, 0.6) is 0 Å². The Morgan fingerprint density at radius 3 is 1.62 bits per heavy atom. The first-order valence-electron chi connectivity index (χ1n) is 22.1. The van der Waals surface area contributed by atoms with Crippen molar-refractivity contribution in [3.05, 3.63) is 179 Å². The number of hydrogen-bond donors (Lipinski definition) is 0. The molecule has 5 aromatic rings. The fraction of sp³-hybridized carbons (Fsp3) is 0.385. The second-order valence-electron chi connectivity index (χ2n) is 15.9. The van der Waals surface area contributed by atoms with Crippen LogP contribution in [-0.2, 0) is 85.4 Å². The highest BCUT2D eigenvalue weighted by Gasteiger charge is 2.49. The van der Waals surface area contributed by atoms with Crippen LogP contribution in [0.3, 0.4) is 0 Å². The molecule has 64 heavy (non-hydrogen) atoms. The van der Waals surface area contributed by atoms with Crippen LogP contribution in [0.2, 0.25) is 0 Å². The van der Waals surface area contributed by atoms with E-state index in [1.165, 1.54) is 6.92 Å². The summed E-state index contributed by atoms with van der Waals surface area (Å²) in [7, 11) is 0. The van der Waals surface area contributed by atoms with Crippen molar-refractivity contribution in [2.24, 2.45) is 0 Å². The van der Waals surface area contributed by atoms with Gasteiger partial charge in [-0.05, 0) is 40.7 Å². The summed E-state index contributed by atoms with van der Waals surface area (Å²) in [5.41, 5.74) is 4.79. The van der Waals surface area contributed by atoms with E-state index >= 15 is 0 Å². The lowest BCUT2D eigenvalue weighted by atomic mass is 10.1. The Balaban J connectivity index is 1.18. The van der Waals surface area contributed by atoms with E-state index in [1.54, 1.807) is 5.06 Å². The molecule has 0 radical (unpaired) electrons. The van der Waals surface area contributed by atoms with E-state index in [1.807, 2.05) is 152 Å². The second-order valence-corrected chi connectivity index (χ2v) is 15.9. The predicted molar refractivity (Wildman–Crippen MR) is 238 cm³/mol. The zero-order valence-corrected chi connectivity index (χ0v) is 36.3. The van der Waals surface area contributed by atoms with Crippen LogP contribution in [0.15, 0.2) is 152 Å². The average molecular weight is 874 g/mol. The van der Waals surface area contributed by atoms with E-state index in [0.717, 1.165) is 40.5 Å². The molecule has 338 valence electrons. The normalized spacial score (nSPS) is 21.3. The Hall–Kier alpha value is -5.12. The third kappa shape index (κ3) is 14.4. The molecule has 2 aliphatic rings. The molecule has 0 bridgehead atoms. The summed E-state index contributed by atoms with van der Waals surface area (Å²) >= 11 is 0. The molecular weight excluding hydrogens is 815 g/mol. The Labute approximate surface area is 376 Å². The van der Waals surface area contributed by atoms with Gasteiger partial charge in [0, 0.05) is 13.5 Å². The topological polar surface area (TPSA) is 120 Å². The molecule has 12 heteroatoms. The van der Waals surface area contributed by atoms with E-state index in [4.69, 9.17) is 42.7 Å². The molecule has 12 nitrogen and oxygen atoms in total. The summed E-state index contributed by atoms with van der Waals surface area (Å²) in [6.07, 6.45) is -3.18. The molecule has 4 unspecified atom stereocenters. The van der Waals surface area contributed by atoms with Crippen molar-refractivity contribution < 1.29 is 52.3 Å². The third-order valence-corrected chi connectivity index (χ3v) is 11.1. The third-order valence-electron chi connectivity index (χ3n) is 11.1. The van der Waals surface area contributed by atoms with Crippen LogP contribution in [0.1, 0.15) is 47.6 Å². The van der Waals surface area contributed by atoms with Crippen molar-refractivity contribution in [1.82, 2.24) is 5.06 Å². The van der Waals surface area contributed by atoms with Crippen molar-refractivity contribution >= 4 is 12.3 Å². The molecule has 0 N–H and O–H groups in total. The largest absolute Gasteiger partial charge is 0.457 e. The van der Waals surface area contributed by atoms with E-state index in [0.29, 0.717) is 19.6 Å². The summed E-state index contributed by atoms with van der Waals surface area (Å²) in [4.78, 5) is 31.1. The van der Waals surface area contributed by atoms with Crippen LogP contribution < -0.4 is 0 Å². The number of nitrogens with zero attached hydrogens (tertiary/aromatic N) is 1. The van der Waals surface area contributed by atoms with Crippen LogP contribution in [-0.4, -0.2) is 92.6 Å². The molecule has 5 aromatic carbocycles. The van der Waals surface area contributed by atoms with Gasteiger partial charge in [0.1, 0.15) is 36.8 Å². The number of benzene rings is 5. The van der Waals surface area contributed by atoms with Crippen LogP contribution in [0.4, 0.5) is 0 Å². The van der Waals surface area contributed by atoms with Crippen molar-refractivity contribution in [1.29, 1.82) is 0 Å². The van der Waals surface area contributed by atoms with Gasteiger partial charge in [-0.3, -0.25) is 9.63 Å². The predicted octanol–water partition coefficient (Wildman–Crippen LogP) is 7.81. The van der Waals surface area contributed by atoms with E-state index in [-0.39, 0.29) is 52.3 Å². The molecule has 2 saturated heterocycles. The SMILES string of the molecule is CC(=O)O[C@@H]1C(OCc2ccccc2)[C@H](OCC(OCc2ccccc2)C(OCc2ccccc2)C(CON2CCC[C@H]2C=O)OCc2ccccc2)O[C@@H]1COCc1ccccc1. The van der Waals surface area contributed by atoms with Gasteiger partial charge in [-0.25, -0.2) is 0 Å². The molecule has 2 fully saturated rings. The zero-order valence-electron chi connectivity index (χ0n) is 36.3. The highest BCUT2D eigenvalue weighted by atomic mass is 16.7. The van der Waals surface area contributed by atoms with Gasteiger partial charge in [-0.1, -0.05) is 152 Å². The minimum absolute atomic E-state index is 0.0432. The van der Waals surface area contributed by atoms with Crippen LogP contribution >= 0.6 is 0 Å². The van der Waals surface area contributed by atoms with Gasteiger partial charge < -0.3 is 42.7 Å². The fourth-order valence-corrected chi connectivity index (χ4v) is 7.78. The smallest absolute Gasteiger partial charge is 0.303 e. The lowest BCUT2D eigenvalue weighted by Gasteiger charge is -2.35. The lowest BCUT2D eigenvalue weighted by Crippen LogP contribution is -2.49. The van der Waals surface area contributed by atoms with Gasteiger partial charge in [0.25, 0.3) is 0 Å². The molecule has 2 heterocycles. The first-order valence-corrected chi connectivity index (χ1v) is 22.1. The van der Waals surface area contributed by atoms with Crippen molar-refractivity contribution in [3.8, 4) is 0 Å². The number of carbonyl (C=O) groups is 2. The van der Waals surface area contributed by atoms with Gasteiger partial charge in [-0.2, -0.15) is 5.06 Å². The Kier molecular flexibility index (Phi) is 18.6. The van der Waals surface area contributed by atoms with E-state index in [9.17, 15) is 9.59 Å². The number of esters is 1. The zero-order chi connectivity index (χ0) is 44.2. The summed E-state index contributed by atoms with van der Waals surface area (Å²) in [6.45, 7) is 3.40. The minimum atomic E-state index is -1.01. The van der Waals surface area contributed by atoms with Crippen LogP contribution in [0, 0.1) is 0 Å². The number of rotatable bonds is 26. The summed E-state index contributed by atoms with van der Waals surface area (Å²) in [6, 6.07) is 48.9. The number of ether oxygens (including phenoxy) is 8. The molecule has 0 spiro atoms. The summed E-state index contributed by atoms with van der Waals surface area (Å²) in [5.74, 6) is -0.484. The fourth-order valence-electron chi connectivity index (χ4n) is 7.78. The number of hydroxylamine groups is 2.